The molecule has 0 unspecified atom stereocenters. The van der Waals surface area contributed by atoms with Crippen LogP contribution in [0.4, 0.5) is 0 Å². The van der Waals surface area contributed by atoms with E-state index in [-0.39, 0.29) is 18.9 Å². The quantitative estimate of drug-likeness (QED) is 0.492. The van der Waals surface area contributed by atoms with E-state index in [4.69, 9.17) is 5.41 Å². The van der Waals surface area contributed by atoms with Crippen LogP contribution in [0.2, 0.25) is 0 Å². The first-order chi connectivity index (χ1) is 7.42. The van der Waals surface area contributed by atoms with E-state index < -0.39 is 0 Å². The largest absolute Gasteiger partial charge is 1.00 e. The third-order valence-electron chi connectivity index (χ3n) is 2.24. The van der Waals surface area contributed by atoms with Crippen LogP contribution in [0.25, 0.3) is 11.0 Å². The number of hydrogen-bond acceptors (Lipinski definition) is 0. The Bertz CT molecular complexity index is 443. The van der Waals surface area contributed by atoms with Gasteiger partial charge in [-0.25, -0.2) is 0 Å². The van der Waals surface area contributed by atoms with Gasteiger partial charge in [0.15, 0.2) is 0 Å². The Labute approximate surface area is 108 Å². The summed E-state index contributed by atoms with van der Waals surface area (Å²) >= 11 is 0. The predicted octanol–water partition coefficient (Wildman–Crippen LogP) is 0.361. The number of rotatable bonds is 2. The summed E-state index contributed by atoms with van der Waals surface area (Å²) in [6, 6.07) is 19.5. The molecule has 0 saturated heterocycles. The fraction of sp³-hybridized carbons (Fsp3) is 0. The molecule has 0 saturated carbocycles. The maximum Gasteiger partial charge on any atom is 1.00 e. The third kappa shape index (κ3) is 2.75. The van der Waals surface area contributed by atoms with E-state index in [1.807, 2.05) is 60.7 Å². The molecule has 0 bridgehead atoms. The molecule has 0 aliphatic heterocycles. The second-order valence-corrected chi connectivity index (χ2v) is 3.22. The molecule has 0 N–H and O–H groups in total. The maximum absolute atomic E-state index is 9.15. The van der Waals surface area contributed by atoms with Crippen molar-refractivity contribution in [2.75, 3.05) is 0 Å². The van der Waals surface area contributed by atoms with Gasteiger partial charge < -0.3 is 5.41 Å². The van der Waals surface area contributed by atoms with E-state index in [2.05, 4.69) is 5.87 Å². The van der Waals surface area contributed by atoms with Gasteiger partial charge in [0, 0.05) is 5.57 Å². The van der Waals surface area contributed by atoms with Crippen molar-refractivity contribution in [3.8, 4) is 0 Å². The van der Waals surface area contributed by atoms with Gasteiger partial charge in [0.05, 0.1) is 0 Å². The van der Waals surface area contributed by atoms with Crippen LogP contribution in [0, 0.1) is 0 Å². The molecule has 0 spiro atoms. The summed E-state index contributed by atoms with van der Waals surface area (Å²) in [6.07, 6.45) is 0. The van der Waals surface area contributed by atoms with Gasteiger partial charge in [0.1, 0.15) is 0 Å². The molecular formula is C14H10LiN. The Balaban J connectivity index is 0.00000128. The van der Waals surface area contributed by atoms with Crippen molar-refractivity contribution < 1.29 is 18.9 Å². The van der Waals surface area contributed by atoms with E-state index in [9.17, 15) is 0 Å². The summed E-state index contributed by atoms with van der Waals surface area (Å²) < 4.78 is 0. The van der Waals surface area contributed by atoms with Gasteiger partial charge in [-0.3, -0.25) is 5.87 Å². The zero-order valence-electron chi connectivity index (χ0n) is 9.22. The first-order valence-corrected chi connectivity index (χ1v) is 4.79. The van der Waals surface area contributed by atoms with Gasteiger partial charge in [-0.05, 0) is 11.1 Å². The molecule has 0 heterocycles. The summed E-state index contributed by atoms with van der Waals surface area (Å²) in [5, 5.41) is 9.15. The van der Waals surface area contributed by atoms with E-state index in [1.165, 1.54) is 0 Å². The smallest absolute Gasteiger partial charge is 0.763 e. The number of nitrogens with zero attached hydrogens (tertiary/aromatic N) is 1. The van der Waals surface area contributed by atoms with Gasteiger partial charge in [-0.2, -0.15) is 0 Å². The van der Waals surface area contributed by atoms with Crippen LogP contribution in [-0.4, -0.2) is 5.87 Å². The predicted molar refractivity (Wildman–Crippen MR) is 63.8 cm³/mol. The fourth-order valence-corrected chi connectivity index (χ4v) is 1.51. The van der Waals surface area contributed by atoms with Gasteiger partial charge in [0.25, 0.3) is 0 Å². The Morgan fingerprint density at radius 3 is 1.44 bits per heavy atom. The van der Waals surface area contributed by atoms with Crippen molar-refractivity contribution in [1.82, 2.24) is 0 Å². The van der Waals surface area contributed by atoms with Crippen LogP contribution < -0.4 is 18.9 Å². The molecule has 2 rings (SSSR count). The molecule has 0 radical (unpaired) electrons. The first kappa shape index (κ1) is 12.6. The minimum Gasteiger partial charge on any atom is -0.763 e. The van der Waals surface area contributed by atoms with Crippen molar-refractivity contribution in [1.29, 1.82) is 0 Å². The van der Waals surface area contributed by atoms with Crippen LogP contribution in [-0.2, 0) is 0 Å². The third-order valence-corrected chi connectivity index (χ3v) is 2.24. The molecule has 72 valence electrons. The van der Waals surface area contributed by atoms with Crippen LogP contribution in [0.1, 0.15) is 11.1 Å². The minimum absolute atomic E-state index is 0. The molecule has 0 aromatic heterocycles. The van der Waals surface area contributed by atoms with Crippen molar-refractivity contribution in [2.24, 2.45) is 0 Å². The maximum atomic E-state index is 9.15. The molecule has 2 heteroatoms. The molecular weight excluding hydrogens is 189 g/mol. The summed E-state index contributed by atoms with van der Waals surface area (Å²) in [6.45, 7) is 0. The van der Waals surface area contributed by atoms with Crippen molar-refractivity contribution >= 4 is 11.4 Å². The Morgan fingerprint density at radius 1 is 0.750 bits per heavy atom. The normalized spacial score (nSPS) is 8.75. The summed E-state index contributed by atoms with van der Waals surface area (Å²) in [4.78, 5) is 0. The summed E-state index contributed by atoms with van der Waals surface area (Å²) in [5.41, 5.74) is 2.65. The second-order valence-electron chi connectivity index (χ2n) is 3.22. The zero-order chi connectivity index (χ0) is 10.5. The summed E-state index contributed by atoms with van der Waals surface area (Å²) in [5.74, 6) is 2.25. The average Bonchev–Trinajstić information content (AvgIpc) is 2.33. The van der Waals surface area contributed by atoms with Crippen molar-refractivity contribution in [2.45, 2.75) is 0 Å². The van der Waals surface area contributed by atoms with Gasteiger partial charge in [-0.15, -0.1) is 0 Å². The molecule has 0 atom stereocenters. The Hall–Kier alpha value is -1.51. The molecule has 0 fully saturated rings. The molecule has 1 nitrogen and oxygen atoms in total. The topological polar surface area (TPSA) is 22.3 Å². The number of hydrogen-bond donors (Lipinski definition) is 0. The van der Waals surface area contributed by atoms with Crippen molar-refractivity contribution in [3.63, 3.8) is 0 Å². The van der Waals surface area contributed by atoms with E-state index in [0.717, 1.165) is 16.7 Å². The van der Waals surface area contributed by atoms with Gasteiger partial charge in [0.2, 0.25) is 0 Å². The molecule has 2 aromatic rings. The van der Waals surface area contributed by atoms with Crippen LogP contribution in [0.3, 0.4) is 0 Å². The van der Waals surface area contributed by atoms with Gasteiger partial charge >= 0.3 is 18.9 Å². The molecule has 0 amide bonds. The van der Waals surface area contributed by atoms with E-state index in [0.29, 0.717) is 0 Å². The van der Waals surface area contributed by atoms with Crippen LogP contribution in [0.15, 0.2) is 60.7 Å². The second kappa shape index (κ2) is 6.15. The molecule has 16 heavy (non-hydrogen) atoms. The average molecular weight is 199 g/mol. The monoisotopic (exact) mass is 199 g/mol. The zero-order valence-corrected chi connectivity index (χ0v) is 9.22. The molecule has 0 aliphatic rings. The first-order valence-electron chi connectivity index (χ1n) is 4.79. The van der Waals surface area contributed by atoms with E-state index in [1.54, 1.807) is 0 Å². The van der Waals surface area contributed by atoms with Gasteiger partial charge in [-0.1, -0.05) is 60.7 Å². The summed E-state index contributed by atoms with van der Waals surface area (Å²) in [7, 11) is 0. The fourth-order valence-electron chi connectivity index (χ4n) is 1.51. The van der Waals surface area contributed by atoms with Crippen molar-refractivity contribution in [3.05, 3.63) is 77.2 Å². The minimum atomic E-state index is 0. The number of benzene rings is 2. The Morgan fingerprint density at radius 2 is 1.12 bits per heavy atom. The molecule has 2 aromatic carbocycles. The standard InChI is InChI=1S/C14H10N.Li/c15-11-14(12-7-3-1-4-8-12)13-9-5-2-6-10-13;/h1-10H;/q-1;+1. The SMILES string of the molecule is [Li+].[N-]=C=C(c1ccccc1)c1ccccc1. The molecule has 0 aliphatic carbocycles. The Kier molecular flexibility index (Phi) is 4.83. The van der Waals surface area contributed by atoms with Crippen LogP contribution >= 0.6 is 0 Å². The van der Waals surface area contributed by atoms with Crippen LogP contribution in [0.5, 0.6) is 0 Å². The van der Waals surface area contributed by atoms with E-state index >= 15 is 0 Å².